The largest absolute Gasteiger partial charge is 0.319 e. The van der Waals surface area contributed by atoms with Crippen LogP contribution in [0.3, 0.4) is 0 Å². The molecule has 23 heavy (non-hydrogen) atoms. The fourth-order valence-electron chi connectivity index (χ4n) is 2.89. The summed E-state index contributed by atoms with van der Waals surface area (Å²) in [5.74, 6) is -0.102. The zero-order chi connectivity index (χ0) is 16.4. The highest BCUT2D eigenvalue weighted by Gasteiger charge is 2.24. The van der Waals surface area contributed by atoms with Crippen molar-refractivity contribution in [3.63, 3.8) is 0 Å². The number of aryl methyl sites for hydroxylation is 2. The molecule has 1 atom stereocenters. The molecule has 1 amide bonds. The highest BCUT2D eigenvalue weighted by Crippen LogP contribution is 2.26. The molecule has 0 saturated carbocycles. The Morgan fingerprint density at radius 1 is 1.17 bits per heavy atom. The van der Waals surface area contributed by atoms with Crippen LogP contribution in [0.5, 0.6) is 0 Å². The van der Waals surface area contributed by atoms with Crippen molar-refractivity contribution in [2.45, 2.75) is 38.6 Å². The summed E-state index contributed by atoms with van der Waals surface area (Å²) in [7, 11) is 0. The molecule has 0 unspecified atom stereocenters. The van der Waals surface area contributed by atoms with Gasteiger partial charge in [0.2, 0.25) is 6.04 Å². The lowest BCUT2D eigenvalue weighted by atomic mass is 9.93. The first-order valence-electron chi connectivity index (χ1n) is 7.83. The molecule has 3 nitrogen and oxygen atoms in total. The minimum absolute atomic E-state index is 0.102. The van der Waals surface area contributed by atoms with E-state index in [2.05, 4.69) is 17.6 Å². The second-order valence-corrected chi connectivity index (χ2v) is 6.78. The third-order valence-corrected chi connectivity index (χ3v) is 4.87. The Morgan fingerprint density at radius 2 is 1.91 bits per heavy atom. The fraction of sp³-hybridized carbons (Fsp3) is 0.333. The Kier molecular flexibility index (Phi) is 4.88. The van der Waals surface area contributed by atoms with Gasteiger partial charge in [-0.1, -0.05) is 23.2 Å². The van der Waals surface area contributed by atoms with E-state index >= 15 is 0 Å². The SMILES string of the molecule is C[C@@H](C(=O)Nc1ccc(Cl)cc1Cl)[n+]1ccc2c(c1)CCCC2. The number of pyridine rings is 1. The van der Waals surface area contributed by atoms with E-state index in [0.29, 0.717) is 15.7 Å². The molecule has 0 spiro atoms. The first-order valence-corrected chi connectivity index (χ1v) is 8.58. The van der Waals surface area contributed by atoms with Gasteiger partial charge in [0.25, 0.3) is 5.91 Å². The van der Waals surface area contributed by atoms with Crippen molar-refractivity contribution in [2.75, 3.05) is 5.32 Å². The van der Waals surface area contributed by atoms with Crippen molar-refractivity contribution in [3.05, 3.63) is 57.8 Å². The molecule has 1 heterocycles. The van der Waals surface area contributed by atoms with Gasteiger partial charge in [-0.05, 0) is 49.4 Å². The van der Waals surface area contributed by atoms with Crippen LogP contribution in [-0.2, 0) is 17.6 Å². The average Bonchev–Trinajstić information content (AvgIpc) is 2.56. The van der Waals surface area contributed by atoms with Gasteiger partial charge >= 0.3 is 0 Å². The summed E-state index contributed by atoms with van der Waals surface area (Å²) in [5.41, 5.74) is 3.33. The third kappa shape index (κ3) is 3.67. The maximum Gasteiger partial charge on any atom is 0.293 e. The van der Waals surface area contributed by atoms with Gasteiger partial charge in [0.05, 0.1) is 10.7 Å². The summed E-state index contributed by atoms with van der Waals surface area (Å²) in [5, 5.41) is 3.85. The van der Waals surface area contributed by atoms with E-state index in [1.54, 1.807) is 18.2 Å². The molecule has 0 bridgehead atoms. The van der Waals surface area contributed by atoms with Gasteiger partial charge in [0.15, 0.2) is 12.4 Å². The highest BCUT2D eigenvalue weighted by molar-refractivity contribution is 6.36. The van der Waals surface area contributed by atoms with Gasteiger partial charge in [-0.15, -0.1) is 0 Å². The normalized spacial score (nSPS) is 14.9. The lowest BCUT2D eigenvalue weighted by molar-refractivity contribution is -0.706. The van der Waals surface area contributed by atoms with Gasteiger partial charge in [-0.2, -0.15) is 4.57 Å². The first kappa shape index (κ1) is 16.3. The van der Waals surface area contributed by atoms with E-state index in [-0.39, 0.29) is 11.9 Å². The van der Waals surface area contributed by atoms with E-state index in [0.717, 1.165) is 12.8 Å². The van der Waals surface area contributed by atoms with Crippen molar-refractivity contribution >= 4 is 34.8 Å². The van der Waals surface area contributed by atoms with Gasteiger partial charge in [-0.3, -0.25) is 4.79 Å². The number of amides is 1. The molecule has 3 rings (SSSR count). The first-order chi connectivity index (χ1) is 11.0. The summed E-state index contributed by atoms with van der Waals surface area (Å²) in [6, 6.07) is 6.86. The minimum atomic E-state index is -0.311. The molecule has 5 heteroatoms. The number of hydrogen-bond acceptors (Lipinski definition) is 1. The number of anilines is 1. The summed E-state index contributed by atoms with van der Waals surface area (Å²) < 4.78 is 1.96. The number of nitrogens with zero attached hydrogens (tertiary/aromatic N) is 1. The van der Waals surface area contributed by atoms with Gasteiger partial charge < -0.3 is 5.32 Å². The number of hydrogen-bond donors (Lipinski definition) is 1. The molecule has 0 saturated heterocycles. The maximum absolute atomic E-state index is 12.5. The molecule has 120 valence electrons. The van der Waals surface area contributed by atoms with E-state index in [4.69, 9.17) is 23.2 Å². The maximum atomic E-state index is 12.5. The highest BCUT2D eigenvalue weighted by atomic mass is 35.5. The number of halogens is 2. The van der Waals surface area contributed by atoms with Crippen LogP contribution in [0.1, 0.15) is 36.9 Å². The van der Waals surface area contributed by atoms with Crippen LogP contribution in [0.25, 0.3) is 0 Å². The number of benzene rings is 1. The Morgan fingerprint density at radius 3 is 2.65 bits per heavy atom. The minimum Gasteiger partial charge on any atom is -0.319 e. The number of carbonyl (C=O) groups is 1. The van der Waals surface area contributed by atoms with E-state index < -0.39 is 0 Å². The Bertz CT molecular complexity index is 746. The molecule has 0 radical (unpaired) electrons. The number of nitrogens with one attached hydrogen (secondary N) is 1. The quantitative estimate of drug-likeness (QED) is 0.820. The van der Waals surface area contributed by atoms with Gasteiger partial charge in [-0.25, -0.2) is 0 Å². The lowest BCUT2D eigenvalue weighted by Crippen LogP contribution is -2.44. The third-order valence-electron chi connectivity index (χ3n) is 4.32. The predicted octanol–water partition coefficient (Wildman–Crippen LogP) is 4.36. The second kappa shape index (κ2) is 6.90. The zero-order valence-electron chi connectivity index (χ0n) is 13.0. The van der Waals surface area contributed by atoms with E-state index in [9.17, 15) is 4.79 Å². The number of rotatable bonds is 3. The molecular formula is C18H19Cl2N2O+. The van der Waals surface area contributed by atoms with Gasteiger partial charge in [0, 0.05) is 23.6 Å². The summed E-state index contributed by atoms with van der Waals surface area (Å²) in [6.45, 7) is 1.88. The number of aromatic nitrogens is 1. The molecule has 0 aliphatic heterocycles. The van der Waals surface area contributed by atoms with Crippen molar-refractivity contribution < 1.29 is 9.36 Å². The topological polar surface area (TPSA) is 33.0 Å². The molecule has 1 aliphatic rings. The summed E-state index contributed by atoms with van der Waals surface area (Å²) >= 11 is 12.0. The summed E-state index contributed by atoms with van der Waals surface area (Å²) in [6.07, 6.45) is 8.78. The van der Waals surface area contributed by atoms with E-state index in [1.807, 2.05) is 17.7 Å². The van der Waals surface area contributed by atoms with Crippen LogP contribution in [-0.4, -0.2) is 5.91 Å². The van der Waals surface area contributed by atoms with Crippen molar-refractivity contribution in [2.24, 2.45) is 0 Å². The van der Waals surface area contributed by atoms with Crippen molar-refractivity contribution in [1.82, 2.24) is 0 Å². The number of fused-ring (bicyclic) bond motifs is 1. The smallest absolute Gasteiger partial charge is 0.293 e. The number of carbonyl (C=O) groups excluding carboxylic acids is 1. The standard InChI is InChI=1S/C18H18Cl2N2O/c1-12(18(23)21-17-7-6-15(19)10-16(17)20)22-9-8-13-4-2-3-5-14(13)11-22/h6-12H,2-5H2,1H3/p+1/t12-/m0/s1. The Labute approximate surface area is 146 Å². The van der Waals surface area contributed by atoms with E-state index in [1.165, 1.54) is 24.0 Å². The van der Waals surface area contributed by atoms with Crippen LogP contribution < -0.4 is 9.88 Å². The van der Waals surface area contributed by atoms with Crippen LogP contribution in [0.2, 0.25) is 10.0 Å². The lowest BCUT2D eigenvalue weighted by Gasteiger charge is -2.15. The predicted molar refractivity (Wildman–Crippen MR) is 93.1 cm³/mol. The molecule has 2 aromatic rings. The zero-order valence-corrected chi connectivity index (χ0v) is 14.5. The van der Waals surface area contributed by atoms with Crippen molar-refractivity contribution in [3.8, 4) is 0 Å². The second-order valence-electron chi connectivity index (χ2n) is 5.94. The molecular weight excluding hydrogens is 331 g/mol. The molecule has 1 aliphatic carbocycles. The van der Waals surface area contributed by atoms with Gasteiger partial charge in [0.1, 0.15) is 0 Å². The average molecular weight is 350 g/mol. The van der Waals surface area contributed by atoms with Crippen LogP contribution in [0.15, 0.2) is 36.7 Å². The molecule has 1 aromatic heterocycles. The van der Waals surface area contributed by atoms with Crippen LogP contribution in [0.4, 0.5) is 5.69 Å². The monoisotopic (exact) mass is 349 g/mol. The Balaban J connectivity index is 1.77. The molecule has 0 fully saturated rings. The Hall–Kier alpha value is -1.58. The van der Waals surface area contributed by atoms with Crippen LogP contribution in [0, 0.1) is 0 Å². The van der Waals surface area contributed by atoms with Crippen molar-refractivity contribution in [1.29, 1.82) is 0 Å². The molecule has 1 aromatic carbocycles. The summed E-state index contributed by atoms with van der Waals surface area (Å²) in [4.78, 5) is 12.5. The van der Waals surface area contributed by atoms with Crippen LogP contribution >= 0.6 is 23.2 Å². The fourth-order valence-corrected chi connectivity index (χ4v) is 3.35. The molecule has 1 N–H and O–H groups in total.